The molecule has 0 aliphatic carbocycles. The van der Waals surface area contributed by atoms with E-state index in [1.54, 1.807) is 7.11 Å². The SMILES string of the molecule is COc1ccc([C@H]2Nc3ccc(Cl)cc3[C@@H](c3ccccc3)O2)cc1. The second-order valence-corrected chi connectivity index (χ2v) is 6.39. The predicted molar refractivity (Wildman–Crippen MR) is 100 cm³/mol. The molecule has 0 fully saturated rings. The van der Waals surface area contributed by atoms with Gasteiger partial charge >= 0.3 is 0 Å². The van der Waals surface area contributed by atoms with Gasteiger partial charge in [0.25, 0.3) is 0 Å². The van der Waals surface area contributed by atoms with Crippen LogP contribution in [0.5, 0.6) is 5.75 Å². The number of methoxy groups -OCH3 is 1. The minimum absolute atomic E-state index is 0.178. The molecule has 0 radical (unpaired) electrons. The van der Waals surface area contributed by atoms with Crippen LogP contribution in [0.3, 0.4) is 0 Å². The predicted octanol–water partition coefficient (Wildman–Crippen LogP) is 5.58. The normalized spacial score (nSPS) is 19.0. The van der Waals surface area contributed by atoms with Crippen molar-refractivity contribution in [3.05, 3.63) is 94.5 Å². The number of rotatable bonds is 3. The van der Waals surface area contributed by atoms with E-state index in [1.165, 1.54) is 0 Å². The highest BCUT2D eigenvalue weighted by Crippen LogP contribution is 2.42. The minimum Gasteiger partial charge on any atom is -0.497 e. The first-order valence-corrected chi connectivity index (χ1v) is 8.53. The number of benzene rings is 3. The van der Waals surface area contributed by atoms with Crippen LogP contribution in [0.2, 0.25) is 5.02 Å². The molecular weight excluding hydrogens is 334 g/mol. The monoisotopic (exact) mass is 351 g/mol. The van der Waals surface area contributed by atoms with E-state index >= 15 is 0 Å². The second-order valence-electron chi connectivity index (χ2n) is 5.96. The molecule has 2 atom stereocenters. The lowest BCUT2D eigenvalue weighted by Crippen LogP contribution is -2.25. The summed E-state index contributed by atoms with van der Waals surface area (Å²) in [5.74, 6) is 0.825. The molecule has 1 aliphatic rings. The second kappa shape index (κ2) is 6.79. The topological polar surface area (TPSA) is 30.5 Å². The van der Waals surface area contributed by atoms with Crippen LogP contribution in [0.15, 0.2) is 72.8 Å². The lowest BCUT2D eigenvalue weighted by molar-refractivity contribution is 0.0157. The minimum atomic E-state index is -0.246. The van der Waals surface area contributed by atoms with Crippen molar-refractivity contribution in [1.82, 2.24) is 0 Å². The molecule has 25 heavy (non-hydrogen) atoms. The van der Waals surface area contributed by atoms with E-state index in [2.05, 4.69) is 17.4 Å². The molecule has 0 saturated heterocycles. The van der Waals surface area contributed by atoms with Crippen LogP contribution in [0.25, 0.3) is 0 Å². The van der Waals surface area contributed by atoms with Crippen LogP contribution in [-0.2, 0) is 4.74 Å². The van der Waals surface area contributed by atoms with Gasteiger partial charge in [0.1, 0.15) is 11.9 Å². The Morgan fingerprint density at radius 2 is 1.68 bits per heavy atom. The molecule has 0 spiro atoms. The van der Waals surface area contributed by atoms with Gasteiger partial charge in [-0.15, -0.1) is 0 Å². The summed E-state index contributed by atoms with van der Waals surface area (Å²) >= 11 is 6.22. The fraction of sp³-hybridized carbons (Fsp3) is 0.143. The van der Waals surface area contributed by atoms with Crippen LogP contribution in [0.4, 0.5) is 5.69 Å². The van der Waals surface area contributed by atoms with E-state index in [4.69, 9.17) is 21.1 Å². The molecule has 1 aliphatic heterocycles. The van der Waals surface area contributed by atoms with E-state index in [-0.39, 0.29) is 12.3 Å². The molecule has 0 unspecified atom stereocenters. The van der Waals surface area contributed by atoms with Crippen LogP contribution < -0.4 is 10.1 Å². The molecule has 1 heterocycles. The summed E-state index contributed by atoms with van der Waals surface area (Å²) in [6.45, 7) is 0. The zero-order valence-corrected chi connectivity index (χ0v) is 14.5. The summed E-state index contributed by atoms with van der Waals surface area (Å²) in [5, 5.41) is 4.16. The van der Waals surface area contributed by atoms with E-state index in [0.717, 1.165) is 28.1 Å². The largest absolute Gasteiger partial charge is 0.497 e. The van der Waals surface area contributed by atoms with Gasteiger partial charge in [0.2, 0.25) is 0 Å². The number of ether oxygens (including phenoxy) is 2. The molecule has 126 valence electrons. The molecule has 0 aromatic heterocycles. The molecule has 4 heteroatoms. The van der Waals surface area contributed by atoms with Crippen LogP contribution in [-0.4, -0.2) is 7.11 Å². The molecule has 3 aromatic carbocycles. The van der Waals surface area contributed by atoms with Crippen molar-refractivity contribution >= 4 is 17.3 Å². The van der Waals surface area contributed by atoms with Gasteiger partial charge in [0.05, 0.1) is 7.11 Å². The first-order chi connectivity index (χ1) is 12.2. The average Bonchev–Trinajstić information content (AvgIpc) is 2.68. The van der Waals surface area contributed by atoms with Gasteiger partial charge in [0, 0.05) is 21.8 Å². The van der Waals surface area contributed by atoms with Gasteiger partial charge in [0.15, 0.2) is 6.23 Å². The molecule has 0 bridgehead atoms. The molecule has 3 aromatic rings. The Bertz CT molecular complexity index is 865. The van der Waals surface area contributed by atoms with Crippen molar-refractivity contribution in [2.24, 2.45) is 0 Å². The van der Waals surface area contributed by atoms with Crippen molar-refractivity contribution in [1.29, 1.82) is 0 Å². The van der Waals surface area contributed by atoms with Crippen molar-refractivity contribution in [2.75, 3.05) is 12.4 Å². The van der Waals surface area contributed by atoms with Gasteiger partial charge in [-0.2, -0.15) is 0 Å². The Hall–Kier alpha value is -2.49. The van der Waals surface area contributed by atoms with Crippen molar-refractivity contribution in [3.63, 3.8) is 0 Å². The molecule has 0 saturated carbocycles. The van der Waals surface area contributed by atoms with Crippen LogP contribution >= 0.6 is 11.6 Å². The summed E-state index contributed by atoms with van der Waals surface area (Å²) in [6, 6.07) is 24.0. The Morgan fingerprint density at radius 1 is 0.920 bits per heavy atom. The molecule has 0 amide bonds. The fourth-order valence-electron chi connectivity index (χ4n) is 3.09. The Balaban J connectivity index is 1.74. The highest BCUT2D eigenvalue weighted by molar-refractivity contribution is 6.30. The maximum Gasteiger partial charge on any atom is 0.155 e. The van der Waals surface area contributed by atoms with Crippen molar-refractivity contribution in [3.8, 4) is 5.75 Å². The lowest BCUT2D eigenvalue weighted by atomic mass is 9.97. The third-order valence-electron chi connectivity index (χ3n) is 4.38. The van der Waals surface area contributed by atoms with Crippen molar-refractivity contribution in [2.45, 2.75) is 12.3 Å². The van der Waals surface area contributed by atoms with Gasteiger partial charge in [-0.1, -0.05) is 54.1 Å². The molecule has 4 rings (SSSR count). The van der Waals surface area contributed by atoms with Crippen LogP contribution in [0, 0.1) is 0 Å². The first-order valence-electron chi connectivity index (χ1n) is 8.15. The molecule has 1 N–H and O–H groups in total. The summed E-state index contributed by atoms with van der Waals surface area (Å²) in [6.07, 6.45) is -0.423. The first kappa shape index (κ1) is 16.0. The van der Waals surface area contributed by atoms with E-state index < -0.39 is 0 Å². The summed E-state index contributed by atoms with van der Waals surface area (Å²) in [7, 11) is 1.66. The zero-order valence-electron chi connectivity index (χ0n) is 13.8. The van der Waals surface area contributed by atoms with Crippen LogP contribution in [0.1, 0.15) is 29.0 Å². The van der Waals surface area contributed by atoms with Gasteiger partial charge in [-0.05, 0) is 35.9 Å². The maximum atomic E-state index is 6.40. The third kappa shape index (κ3) is 3.21. The Kier molecular flexibility index (Phi) is 4.35. The summed E-state index contributed by atoms with van der Waals surface area (Å²) < 4.78 is 11.6. The number of fused-ring (bicyclic) bond motifs is 1. The van der Waals surface area contributed by atoms with Gasteiger partial charge in [-0.3, -0.25) is 0 Å². The number of hydrogen-bond donors (Lipinski definition) is 1. The highest BCUT2D eigenvalue weighted by Gasteiger charge is 2.29. The van der Waals surface area contributed by atoms with E-state index in [0.29, 0.717) is 5.02 Å². The number of anilines is 1. The highest BCUT2D eigenvalue weighted by atomic mass is 35.5. The summed E-state index contributed by atoms with van der Waals surface area (Å²) in [5.41, 5.74) is 4.22. The number of hydrogen-bond acceptors (Lipinski definition) is 3. The molecular formula is C21H18ClNO2. The van der Waals surface area contributed by atoms with Crippen molar-refractivity contribution < 1.29 is 9.47 Å². The maximum absolute atomic E-state index is 6.40. The number of halogens is 1. The Morgan fingerprint density at radius 3 is 2.40 bits per heavy atom. The summed E-state index contributed by atoms with van der Waals surface area (Å²) in [4.78, 5) is 0. The molecule has 3 nitrogen and oxygen atoms in total. The quantitative estimate of drug-likeness (QED) is 0.668. The average molecular weight is 352 g/mol. The fourth-order valence-corrected chi connectivity index (χ4v) is 3.27. The lowest BCUT2D eigenvalue weighted by Gasteiger charge is -2.34. The van der Waals surface area contributed by atoms with Gasteiger partial charge < -0.3 is 14.8 Å². The standard InChI is InChI=1S/C21H18ClNO2/c1-24-17-10-7-15(8-11-17)21-23-19-12-9-16(22)13-18(19)20(25-21)14-5-3-2-4-6-14/h2-13,20-21,23H,1H3/t20-,21+/m1/s1. The smallest absolute Gasteiger partial charge is 0.155 e. The number of nitrogens with one attached hydrogen (secondary N) is 1. The van der Waals surface area contributed by atoms with Gasteiger partial charge in [-0.25, -0.2) is 0 Å². The third-order valence-corrected chi connectivity index (χ3v) is 4.61. The zero-order chi connectivity index (χ0) is 17.2. The van der Waals surface area contributed by atoms with E-state index in [1.807, 2.05) is 60.7 Å². The van der Waals surface area contributed by atoms with E-state index in [9.17, 15) is 0 Å². The Labute approximate surface area is 152 Å².